The molecule has 2 amide bonds. The monoisotopic (exact) mass is 420 g/mol. The Bertz CT molecular complexity index is 948. The average molecular weight is 421 g/mol. The highest BCUT2D eigenvalue weighted by Crippen LogP contribution is 2.30. The summed E-state index contributed by atoms with van der Waals surface area (Å²) in [6.45, 7) is 12.0. The van der Waals surface area contributed by atoms with Gasteiger partial charge in [0.1, 0.15) is 0 Å². The second kappa shape index (κ2) is 9.10. The molecule has 2 fully saturated rings. The number of likely N-dealkylation sites (N-methyl/N-ethyl adjacent to an activating group) is 1. The van der Waals surface area contributed by atoms with Gasteiger partial charge in [-0.2, -0.15) is 0 Å². The summed E-state index contributed by atoms with van der Waals surface area (Å²) in [5.41, 5.74) is 5.11. The van der Waals surface area contributed by atoms with Crippen LogP contribution in [0.5, 0.6) is 0 Å². The van der Waals surface area contributed by atoms with E-state index in [-0.39, 0.29) is 24.2 Å². The lowest BCUT2D eigenvalue weighted by Gasteiger charge is -2.35. The van der Waals surface area contributed by atoms with Crippen molar-refractivity contribution < 1.29 is 9.59 Å². The Morgan fingerprint density at radius 2 is 1.74 bits per heavy atom. The normalized spacial score (nSPS) is 19.7. The van der Waals surface area contributed by atoms with Gasteiger partial charge in [0.2, 0.25) is 11.8 Å². The molecule has 2 aromatic rings. The van der Waals surface area contributed by atoms with Crippen LogP contribution in [0.4, 0.5) is 17.1 Å². The zero-order valence-corrected chi connectivity index (χ0v) is 18.7. The molecule has 2 heterocycles. The van der Waals surface area contributed by atoms with Gasteiger partial charge in [-0.3, -0.25) is 9.59 Å². The van der Waals surface area contributed by atoms with Crippen molar-refractivity contribution in [3.63, 3.8) is 0 Å². The van der Waals surface area contributed by atoms with Crippen molar-refractivity contribution in [1.29, 1.82) is 0 Å². The van der Waals surface area contributed by atoms with E-state index in [0.717, 1.165) is 55.2 Å². The summed E-state index contributed by atoms with van der Waals surface area (Å²) in [6.07, 6.45) is 0.249. The van der Waals surface area contributed by atoms with Gasteiger partial charge in [-0.1, -0.05) is 19.1 Å². The fourth-order valence-corrected chi connectivity index (χ4v) is 4.47. The van der Waals surface area contributed by atoms with Crippen LogP contribution in [-0.2, 0) is 9.59 Å². The van der Waals surface area contributed by atoms with Gasteiger partial charge in [0.05, 0.1) is 5.92 Å². The van der Waals surface area contributed by atoms with E-state index in [9.17, 15) is 9.59 Å². The van der Waals surface area contributed by atoms with E-state index >= 15 is 0 Å². The second-order valence-corrected chi connectivity index (χ2v) is 8.58. The Labute approximate surface area is 184 Å². The highest BCUT2D eigenvalue weighted by atomic mass is 16.2. The molecule has 164 valence electrons. The maximum absolute atomic E-state index is 12.8. The fraction of sp³-hybridized carbons (Fsp3) is 0.440. The zero-order valence-electron chi connectivity index (χ0n) is 18.7. The SMILES string of the molecule is CCN1CCN(c2ccc(NC(=O)C3CC(=O)N(c4cccc(C)c4C)C3)cc2)CC1. The van der Waals surface area contributed by atoms with Crippen molar-refractivity contribution in [3.8, 4) is 0 Å². The molecule has 31 heavy (non-hydrogen) atoms. The van der Waals surface area contributed by atoms with Crippen molar-refractivity contribution in [2.24, 2.45) is 5.92 Å². The van der Waals surface area contributed by atoms with Crippen molar-refractivity contribution in [1.82, 2.24) is 4.90 Å². The van der Waals surface area contributed by atoms with Crippen LogP contribution in [0.1, 0.15) is 24.5 Å². The molecule has 0 saturated carbocycles. The van der Waals surface area contributed by atoms with E-state index in [4.69, 9.17) is 0 Å². The summed E-state index contributed by atoms with van der Waals surface area (Å²) in [4.78, 5) is 32.0. The first-order valence-corrected chi connectivity index (χ1v) is 11.2. The second-order valence-electron chi connectivity index (χ2n) is 8.58. The third kappa shape index (κ3) is 4.59. The summed E-state index contributed by atoms with van der Waals surface area (Å²) in [5, 5.41) is 3.00. The molecular formula is C25H32N4O2. The van der Waals surface area contributed by atoms with Crippen LogP contribution >= 0.6 is 0 Å². The summed E-state index contributed by atoms with van der Waals surface area (Å²) in [6, 6.07) is 14.0. The van der Waals surface area contributed by atoms with Gasteiger partial charge in [0.25, 0.3) is 0 Å². The molecule has 1 unspecified atom stereocenters. The summed E-state index contributed by atoms with van der Waals surface area (Å²) >= 11 is 0. The highest BCUT2D eigenvalue weighted by molar-refractivity contribution is 6.04. The van der Waals surface area contributed by atoms with Crippen LogP contribution in [0.15, 0.2) is 42.5 Å². The number of anilines is 3. The maximum Gasteiger partial charge on any atom is 0.229 e. The fourth-order valence-electron chi connectivity index (χ4n) is 4.47. The summed E-state index contributed by atoms with van der Waals surface area (Å²) in [7, 11) is 0. The lowest BCUT2D eigenvalue weighted by atomic mass is 10.1. The number of hydrogen-bond donors (Lipinski definition) is 1. The third-order valence-corrected chi connectivity index (χ3v) is 6.68. The Morgan fingerprint density at radius 3 is 2.42 bits per heavy atom. The number of carbonyl (C=O) groups excluding carboxylic acids is 2. The quantitative estimate of drug-likeness (QED) is 0.805. The molecule has 0 bridgehead atoms. The number of piperazine rings is 1. The van der Waals surface area contributed by atoms with Gasteiger partial charge in [-0.05, 0) is 61.9 Å². The number of aryl methyl sites for hydroxylation is 1. The molecule has 0 aromatic heterocycles. The zero-order chi connectivity index (χ0) is 22.0. The van der Waals surface area contributed by atoms with E-state index in [1.807, 2.05) is 44.2 Å². The van der Waals surface area contributed by atoms with Crippen molar-refractivity contribution in [3.05, 3.63) is 53.6 Å². The number of hydrogen-bond acceptors (Lipinski definition) is 4. The number of amides is 2. The Kier molecular flexibility index (Phi) is 6.28. The molecule has 0 aliphatic carbocycles. The lowest BCUT2D eigenvalue weighted by Crippen LogP contribution is -2.46. The van der Waals surface area contributed by atoms with Crippen LogP contribution in [0.25, 0.3) is 0 Å². The lowest BCUT2D eigenvalue weighted by molar-refractivity contribution is -0.122. The molecule has 2 aliphatic rings. The van der Waals surface area contributed by atoms with E-state index < -0.39 is 0 Å². The minimum atomic E-state index is -0.339. The van der Waals surface area contributed by atoms with E-state index in [1.165, 1.54) is 5.69 Å². The molecule has 2 saturated heterocycles. The predicted octanol–water partition coefficient (Wildman–Crippen LogP) is 3.44. The van der Waals surface area contributed by atoms with Crippen LogP contribution in [0.2, 0.25) is 0 Å². The van der Waals surface area contributed by atoms with Gasteiger partial charge in [0, 0.05) is 56.2 Å². The van der Waals surface area contributed by atoms with Crippen LogP contribution in [-0.4, -0.2) is 56.0 Å². The number of benzene rings is 2. The minimum Gasteiger partial charge on any atom is -0.369 e. The smallest absolute Gasteiger partial charge is 0.229 e. The van der Waals surface area contributed by atoms with Crippen LogP contribution in [0.3, 0.4) is 0 Å². The van der Waals surface area contributed by atoms with Crippen molar-refractivity contribution in [2.75, 3.05) is 54.4 Å². The first-order valence-electron chi connectivity index (χ1n) is 11.2. The molecule has 6 nitrogen and oxygen atoms in total. The van der Waals surface area contributed by atoms with Gasteiger partial charge >= 0.3 is 0 Å². The number of rotatable bonds is 5. The summed E-state index contributed by atoms with van der Waals surface area (Å²) < 4.78 is 0. The molecular weight excluding hydrogens is 388 g/mol. The Morgan fingerprint density at radius 1 is 1.03 bits per heavy atom. The molecule has 0 spiro atoms. The first-order chi connectivity index (χ1) is 15.0. The topological polar surface area (TPSA) is 55.9 Å². The molecule has 2 aromatic carbocycles. The number of carbonyl (C=O) groups is 2. The highest BCUT2D eigenvalue weighted by Gasteiger charge is 2.35. The standard InChI is InChI=1S/C25H32N4O2/c1-4-27-12-14-28(15-13-27)22-10-8-21(9-11-22)26-25(31)20-16-24(30)29(17-20)23-7-5-6-18(2)19(23)3/h5-11,20H,4,12-17H2,1-3H3,(H,26,31). The molecule has 4 rings (SSSR count). The van der Waals surface area contributed by atoms with Crippen molar-refractivity contribution in [2.45, 2.75) is 27.2 Å². The number of nitrogens with zero attached hydrogens (tertiary/aromatic N) is 3. The van der Waals surface area contributed by atoms with Gasteiger partial charge in [-0.15, -0.1) is 0 Å². The average Bonchev–Trinajstić information content (AvgIpc) is 3.18. The Hall–Kier alpha value is -2.86. The van der Waals surface area contributed by atoms with Crippen LogP contribution in [0, 0.1) is 19.8 Å². The third-order valence-electron chi connectivity index (χ3n) is 6.68. The van der Waals surface area contributed by atoms with Gasteiger partial charge < -0.3 is 20.0 Å². The van der Waals surface area contributed by atoms with Gasteiger partial charge in [0.15, 0.2) is 0 Å². The molecule has 2 aliphatic heterocycles. The molecule has 1 N–H and O–H groups in total. The van der Waals surface area contributed by atoms with E-state index in [2.05, 4.69) is 34.2 Å². The minimum absolute atomic E-state index is 0.00965. The molecule has 1 atom stereocenters. The molecule has 0 radical (unpaired) electrons. The number of nitrogens with one attached hydrogen (secondary N) is 1. The summed E-state index contributed by atoms with van der Waals surface area (Å²) in [5.74, 6) is -0.421. The Balaban J connectivity index is 1.36. The van der Waals surface area contributed by atoms with E-state index in [0.29, 0.717) is 6.54 Å². The predicted molar refractivity (Wildman–Crippen MR) is 126 cm³/mol. The van der Waals surface area contributed by atoms with Crippen molar-refractivity contribution >= 4 is 28.9 Å². The van der Waals surface area contributed by atoms with Crippen LogP contribution < -0.4 is 15.1 Å². The maximum atomic E-state index is 12.8. The van der Waals surface area contributed by atoms with Gasteiger partial charge in [-0.25, -0.2) is 0 Å². The molecule has 6 heteroatoms. The largest absolute Gasteiger partial charge is 0.369 e. The first kappa shape index (κ1) is 21.4. The van der Waals surface area contributed by atoms with E-state index in [1.54, 1.807) is 4.90 Å².